The van der Waals surface area contributed by atoms with Gasteiger partial charge in [0.1, 0.15) is 11.6 Å². The summed E-state index contributed by atoms with van der Waals surface area (Å²) in [5.74, 6) is -1.56. The van der Waals surface area contributed by atoms with Gasteiger partial charge in [0.2, 0.25) is 0 Å². The van der Waals surface area contributed by atoms with Crippen molar-refractivity contribution in [2.75, 3.05) is 7.11 Å². The second-order valence-corrected chi connectivity index (χ2v) is 4.05. The molecule has 0 saturated heterocycles. The Morgan fingerprint density at radius 3 is 2.65 bits per heavy atom. The predicted molar refractivity (Wildman–Crippen MR) is 70.2 cm³/mol. The Bertz CT molecular complexity index is 680. The molecule has 0 radical (unpaired) electrons. The number of hydrogen-bond donors (Lipinski definition) is 1. The van der Waals surface area contributed by atoms with Crippen LogP contribution in [-0.4, -0.2) is 24.5 Å². The smallest absolute Gasteiger partial charge is 0.337 e. The fourth-order valence-electron chi connectivity index (χ4n) is 1.85. The Kier molecular flexibility index (Phi) is 3.79. The SMILES string of the molecule is COC(=O)c1ccc(F)c(-c2cccc(C=O)c2O)c1. The molecule has 0 aliphatic heterocycles. The van der Waals surface area contributed by atoms with E-state index in [-0.39, 0.29) is 28.0 Å². The molecule has 0 aromatic heterocycles. The molecule has 0 atom stereocenters. The van der Waals surface area contributed by atoms with Gasteiger partial charge < -0.3 is 9.84 Å². The van der Waals surface area contributed by atoms with Crippen molar-refractivity contribution in [3.05, 3.63) is 53.3 Å². The number of aldehydes is 1. The highest BCUT2D eigenvalue weighted by molar-refractivity contribution is 5.92. The zero-order valence-corrected chi connectivity index (χ0v) is 10.6. The van der Waals surface area contributed by atoms with E-state index in [1.54, 1.807) is 0 Å². The summed E-state index contributed by atoms with van der Waals surface area (Å²) in [5, 5.41) is 9.94. The first kappa shape index (κ1) is 13.7. The third-order valence-electron chi connectivity index (χ3n) is 2.87. The van der Waals surface area contributed by atoms with E-state index < -0.39 is 11.8 Å². The largest absolute Gasteiger partial charge is 0.507 e. The van der Waals surface area contributed by atoms with Crippen LogP contribution < -0.4 is 0 Å². The summed E-state index contributed by atoms with van der Waals surface area (Å²) < 4.78 is 18.4. The van der Waals surface area contributed by atoms with E-state index in [1.807, 2.05) is 0 Å². The van der Waals surface area contributed by atoms with Crippen LogP contribution in [0.25, 0.3) is 11.1 Å². The summed E-state index contributed by atoms with van der Waals surface area (Å²) in [6.45, 7) is 0. The molecular formula is C15H11FO4. The van der Waals surface area contributed by atoms with Gasteiger partial charge in [0.05, 0.1) is 18.2 Å². The van der Waals surface area contributed by atoms with Crippen molar-refractivity contribution in [1.82, 2.24) is 0 Å². The second kappa shape index (κ2) is 5.52. The van der Waals surface area contributed by atoms with Crippen LogP contribution in [0.5, 0.6) is 5.75 Å². The molecule has 2 rings (SSSR count). The minimum atomic E-state index is -0.615. The molecule has 5 heteroatoms. The number of para-hydroxylation sites is 1. The van der Waals surface area contributed by atoms with Crippen molar-refractivity contribution in [2.45, 2.75) is 0 Å². The number of esters is 1. The zero-order chi connectivity index (χ0) is 14.7. The Labute approximate surface area is 114 Å². The van der Waals surface area contributed by atoms with Gasteiger partial charge in [0.25, 0.3) is 0 Å². The van der Waals surface area contributed by atoms with E-state index in [1.165, 1.54) is 37.4 Å². The fourth-order valence-corrected chi connectivity index (χ4v) is 1.85. The highest BCUT2D eigenvalue weighted by atomic mass is 19.1. The first-order valence-corrected chi connectivity index (χ1v) is 5.74. The summed E-state index contributed by atoms with van der Waals surface area (Å²) in [6.07, 6.45) is 0.473. The standard InChI is InChI=1S/C15H11FO4/c1-20-15(19)9-5-6-13(16)12(7-9)11-4-2-3-10(8-17)14(11)18/h2-8,18H,1H3. The Balaban J connectivity index is 2.63. The quantitative estimate of drug-likeness (QED) is 0.690. The van der Waals surface area contributed by atoms with Crippen LogP contribution in [-0.2, 0) is 4.74 Å². The number of benzene rings is 2. The van der Waals surface area contributed by atoms with E-state index in [4.69, 9.17) is 0 Å². The van der Waals surface area contributed by atoms with Gasteiger partial charge in [-0.05, 0) is 24.3 Å². The van der Waals surface area contributed by atoms with Gasteiger partial charge in [-0.25, -0.2) is 9.18 Å². The third kappa shape index (κ3) is 2.38. The average molecular weight is 274 g/mol. The minimum Gasteiger partial charge on any atom is -0.507 e. The topological polar surface area (TPSA) is 63.6 Å². The van der Waals surface area contributed by atoms with E-state index in [9.17, 15) is 19.1 Å². The number of methoxy groups -OCH3 is 1. The monoisotopic (exact) mass is 274 g/mol. The number of carbonyl (C=O) groups excluding carboxylic acids is 2. The van der Waals surface area contributed by atoms with E-state index in [2.05, 4.69) is 4.74 Å². The van der Waals surface area contributed by atoms with Crippen molar-refractivity contribution in [1.29, 1.82) is 0 Å². The number of phenolic OH excluding ortho intramolecular Hbond substituents is 1. The van der Waals surface area contributed by atoms with Gasteiger partial charge >= 0.3 is 5.97 Å². The van der Waals surface area contributed by atoms with Crippen molar-refractivity contribution >= 4 is 12.3 Å². The molecule has 4 nitrogen and oxygen atoms in total. The van der Waals surface area contributed by atoms with E-state index in [0.717, 1.165) is 6.07 Å². The third-order valence-corrected chi connectivity index (χ3v) is 2.87. The molecule has 0 saturated carbocycles. The number of carbonyl (C=O) groups is 2. The summed E-state index contributed by atoms with van der Waals surface area (Å²) in [4.78, 5) is 22.2. The number of phenols is 1. The van der Waals surface area contributed by atoms with Crippen LogP contribution in [0.15, 0.2) is 36.4 Å². The molecule has 2 aromatic carbocycles. The molecule has 0 amide bonds. The summed E-state index contributed by atoms with van der Waals surface area (Å²) >= 11 is 0. The normalized spacial score (nSPS) is 10.1. The van der Waals surface area contributed by atoms with Crippen LogP contribution in [0, 0.1) is 5.82 Å². The van der Waals surface area contributed by atoms with Crippen LogP contribution in [0.3, 0.4) is 0 Å². The molecule has 0 bridgehead atoms. The van der Waals surface area contributed by atoms with Gasteiger partial charge in [0.15, 0.2) is 6.29 Å². The number of ether oxygens (including phenoxy) is 1. The number of hydrogen-bond acceptors (Lipinski definition) is 4. The second-order valence-electron chi connectivity index (χ2n) is 4.05. The predicted octanol–water partition coefficient (Wildman–Crippen LogP) is 2.80. The van der Waals surface area contributed by atoms with Gasteiger partial charge in [-0.2, -0.15) is 0 Å². The summed E-state index contributed by atoms with van der Waals surface area (Å²) in [7, 11) is 1.22. The molecule has 20 heavy (non-hydrogen) atoms. The minimum absolute atomic E-state index is 0.0223. The van der Waals surface area contributed by atoms with Crippen LogP contribution >= 0.6 is 0 Å². The lowest BCUT2D eigenvalue weighted by Gasteiger charge is -2.09. The number of halogens is 1. The maximum absolute atomic E-state index is 13.9. The van der Waals surface area contributed by atoms with Crippen molar-refractivity contribution in [3.63, 3.8) is 0 Å². The van der Waals surface area contributed by atoms with Gasteiger partial charge in [-0.1, -0.05) is 12.1 Å². The molecule has 0 heterocycles. The van der Waals surface area contributed by atoms with Crippen molar-refractivity contribution in [3.8, 4) is 16.9 Å². The van der Waals surface area contributed by atoms with E-state index in [0.29, 0.717) is 6.29 Å². The first-order chi connectivity index (χ1) is 9.58. The molecule has 0 aliphatic carbocycles. The highest BCUT2D eigenvalue weighted by Crippen LogP contribution is 2.33. The Morgan fingerprint density at radius 2 is 2.00 bits per heavy atom. The molecular weight excluding hydrogens is 263 g/mol. The van der Waals surface area contributed by atoms with Gasteiger partial charge in [0, 0.05) is 11.1 Å². The Hall–Kier alpha value is -2.69. The van der Waals surface area contributed by atoms with Gasteiger partial charge in [-0.15, -0.1) is 0 Å². The maximum Gasteiger partial charge on any atom is 0.337 e. The average Bonchev–Trinajstić information content (AvgIpc) is 2.47. The molecule has 2 aromatic rings. The number of aromatic hydroxyl groups is 1. The summed E-state index contributed by atoms with van der Waals surface area (Å²) in [6, 6.07) is 8.05. The molecule has 0 spiro atoms. The lowest BCUT2D eigenvalue weighted by Crippen LogP contribution is -2.02. The zero-order valence-electron chi connectivity index (χ0n) is 10.6. The van der Waals surface area contributed by atoms with E-state index >= 15 is 0 Å². The van der Waals surface area contributed by atoms with Crippen molar-refractivity contribution in [2.24, 2.45) is 0 Å². The van der Waals surface area contributed by atoms with Crippen LogP contribution in [0.4, 0.5) is 4.39 Å². The van der Waals surface area contributed by atoms with Crippen LogP contribution in [0.2, 0.25) is 0 Å². The molecule has 0 fully saturated rings. The molecule has 0 aliphatic rings. The Morgan fingerprint density at radius 1 is 1.25 bits per heavy atom. The van der Waals surface area contributed by atoms with Gasteiger partial charge in [-0.3, -0.25) is 4.79 Å². The molecule has 1 N–H and O–H groups in total. The fraction of sp³-hybridized carbons (Fsp3) is 0.0667. The van der Waals surface area contributed by atoms with Crippen molar-refractivity contribution < 1.29 is 23.8 Å². The lowest BCUT2D eigenvalue weighted by molar-refractivity contribution is 0.0600. The lowest BCUT2D eigenvalue weighted by atomic mass is 9.99. The molecule has 102 valence electrons. The first-order valence-electron chi connectivity index (χ1n) is 5.74. The molecule has 0 unspecified atom stereocenters. The van der Waals surface area contributed by atoms with Crippen LogP contribution in [0.1, 0.15) is 20.7 Å². The maximum atomic E-state index is 13.9. The summed E-state index contributed by atoms with van der Waals surface area (Å²) in [5.41, 5.74) is 0.358. The number of rotatable bonds is 3. The highest BCUT2D eigenvalue weighted by Gasteiger charge is 2.15.